The summed E-state index contributed by atoms with van der Waals surface area (Å²) in [6, 6.07) is 7.99. The van der Waals surface area contributed by atoms with Gasteiger partial charge in [-0.2, -0.15) is 4.31 Å². The highest BCUT2D eigenvalue weighted by atomic mass is 35.5. The molecule has 3 rings (SSSR count). The summed E-state index contributed by atoms with van der Waals surface area (Å²) < 4.78 is 40.4. The van der Waals surface area contributed by atoms with Gasteiger partial charge in [0.05, 0.1) is 21.5 Å². The maximum absolute atomic E-state index is 13.7. The molecule has 1 unspecified atom stereocenters. The lowest BCUT2D eigenvalue weighted by Gasteiger charge is -2.26. The molecule has 0 saturated heterocycles. The lowest BCUT2D eigenvalue weighted by atomic mass is 10.0. The summed E-state index contributed by atoms with van der Waals surface area (Å²) in [6.07, 6.45) is 0.637. The largest absolute Gasteiger partial charge is 0.345 e. The SMILES string of the molecule is CC(C)N(C)S(=O)(=O)c1ccc(Cl)c(C(=O)NC2CCSc3ccc(F)cc32)c1. The van der Waals surface area contributed by atoms with E-state index in [1.54, 1.807) is 31.7 Å². The van der Waals surface area contributed by atoms with Crippen LogP contribution in [0.2, 0.25) is 5.02 Å². The van der Waals surface area contributed by atoms with Gasteiger partial charge in [0.1, 0.15) is 5.82 Å². The van der Waals surface area contributed by atoms with Crippen molar-refractivity contribution in [2.75, 3.05) is 12.8 Å². The van der Waals surface area contributed by atoms with Crippen LogP contribution >= 0.6 is 23.4 Å². The van der Waals surface area contributed by atoms with Gasteiger partial charge >= 0.3 is 0 Å². The second kappa shape index (κ2) is 8.63. The van der Waals surface area contributed by atoms with E-state index in [0.29, 0.717) is 12.0 Å². The van der Waals surface area contributed by atoms with Crippen LogP contribution in [0.1, 0.15) is 42.2 Å². The molecule has 1 aliphatic rings. The van der Waals surface area contributed by atoms with Crippen LogP contribution in [0.25, 0.3) is 0 Å². The molecule has 2 aromatic carbocycles. The molecule has 1 amide bonds. The molecule has 5 nitrogen and oxygen atoms in total. The van der Waals surface area contributed by atoms with Crippen molar-refractivity contribution < 1.29 is 17.6 Å². The summed E-state index contributed by atoms with van der Waals surface area (Å²) in [5.74, 6) is -0.0787. The number of thioether (sulfide) groups is 1. The van der Waals surface area contributed by atoms with Gasteiger partial charge in [-0.1, -0.05) is 11.6 Å². The maximum Gasteiger partial charge on any atom is 0.253 e. The Morgan fingerprint density at radius 3 is 2.69 bits per heavy atom. The Hall–Kier alpha value is -1.61. The molecule has 156 valence electrons. The minimum atomic E-state index is -3.76. The van der Waals surface area contributed by atoms with E-state index in [1.165, 1.54) is 41.7 Å². The van der Waals surface area contributed by atoms with Crippen LogP contribution in [-0.4, -0.2) is 37.5 Å². The number of rotatable bonds is 5. The number of nitrogens with zero attached hydrogens (tertiary/aromatic N) is 1. The van der Waals surface area contributed by atoms with Gasteiger partial charge in [0, 0.05) is 23.7 Å². The third-order valence-corrected chi connectivity index (χ3v) is 8.39. The van der Waals surface area contributed by atoms with Crippen molar-refractivity contribution >= 4 is 39.3 Å². The first-order valence-electron chi connectivity index (χ1n) is 9.12. The zero-order valence-electron chi connectivity index (χ0n) is 16.3. The number of halogens is 2. The molecule has 0 bridgehead atoms. The minimum Gasteiger partial charge on any atom is -0.345 e. The van der Waals surface area contributed by atoms with Gasteiger partial charge in [0.25, 0.3) is 5.91 Å². The third kappa shape index (κ3) is 4.60. The van der Waals surface area contributed by atoms with E-state index in [2.05, 4.69) is 5.32 Å². The monoisotopic (exact) mass is 456 g/mol. The molecule has 0 spiro atoms. The number of sulfonamides is 1. The average Bonchev–Trinajstić information content (AvgIpc) is 2.67. The fourth-order valence-corrected chi connectivity index (χ4v) is 5.74. The van der Waals surface area contributed by atoms with Gasteiger partial charge in [-0.15, -0.1) is 11.8 Å². The van der Waals surface area contributed by atoms with E-state index >= 15 is 0 Å². The van der Waals surface area contributed by atoms with Crippen LogP contribution in [-0.2, 0) is 10.0 Å². The van der Waals surface area contributed by atoms with Crippen molar-refractivity contribution in [2.24, 2.45) is 0 Å². The van der Waals surface area contributed by atoms with Crippen molar-refractivity contribution in [3.63, 3.8) is 0 Å². The van der Waals surface area contributed by atoms with Gasteiger partial charge in [-0.3, -0.25) is 4.79 Å². The lowest BCUT2D eigenvalue weighted by molar-refractivity contribution is 0.0935. The van der Waals surface area contributed by atoms with Crippen LogP contribution < -0.4 is 5.32 Å². The van der Waals surface area contributed by atoms with Gasteiger partial charge in [0.15, 0.2) is 0 Å². The molecule has 0 aromatic heterocycles. The summed E-state index contributed by atoms with van der Waals surface area (Å²) in [6.45, 7) is 3.53. The number of fused-ring (bicyclic) bond motifs is 1. The Morgan fingerprint density at radius 1 is 1.28 bits per heavy atom. The number of benzene rings is 2. The molecular formula is C20H22ClFN2O3S2. The fraction of sp³-hybridized carbons (Fsp3) is 0.350. The number of amides is 1. The molecule has 0 aliphatic carbocycles. The number of nitrogens with one attached hydrogen (secondary N) is 1. The molecule has 1 aliphatic heterocycles. The Labute approximate surface area is 179 Å². The summed E-state index contributed by atoms with van der Waals surface area (Å²) >= 11 is 7.80. The standard InChI is InChI=1S/C20H22ClFN2O3S2/c1-12(2)24(3)29(26,27)14-5-6-17(21)15(11-14)20(25)23-18-8-9-28-19-7-4-13(22)10-16(18)19/h4-7,10-12,18H,8-9H2,1-3H3,(H,23,25). The number of hydrogen-bond donors (Lipinski definition) is 1. The minimum absolute atomic E-state index is 0.00565. The fourth-order valence-electron chi connectivity index (χ4n) is 3.03. The molecule has 0 radical (unpaired) electrons. The smallest absolute Gasteiger partial charge is 0.253 e. The molecule has 1 heterocycles. The lowest BCUT2D eigenvalue weighted by Crippen LogP contribution is -2.34. The molecule has 0 saturated carbocycles. The summed E-state index contributed by atoms with van der Waals surface area (Å²) in [5.41, 5.74) is 0.787. The van der Waals surface area contributed by atoms with Crippen LogP contribution in [0.4, 0.5) is 4.39 Å². The number of carbonyl (C=O) groups is 1. The molecular weight excluding hydrogens is 435 g/mol. The quantitative estimate of drug-likeness (QED) is 0.720. The summed E-state index contributed by atoms with van der Waals surface area (Å²) in [7, 11) is -2.27. The van der Waals surface area contributed by atoms with Crippen LogP contribution in [0.5, 0.6) is 0 Å². The summed E-state index contributed by atoms with van der Waals surface area (Å²) in [4.78, 5) is 13.8. The van der Waals surface area contributed by atoms with E-state index in [4.69, 9.17) is 11.6 Å². The van der Waals surface area contributed by atoms with Crippen molar-refractivity contribution in [1.29, 1.82) is 0 Å². The Morgan fingerprint density at radius 2 is 2.00 bits per heavy atom. The highest BCUT2D eigenvalue weighted by Gasteiger charge is 2.27. The molecule has 29 heavy (non-hydrogen) atoms. The van der Waals surface area contributed by atoms with Crippen molar-refractivity contribution in [3.05, 3.63) is 58.4 Å². The van der Waals surface area contributed by atoms with Gasteiger partial charge in [-0.05, 0) is 62.2 Å². The Bertz CT molecular complexity index is 1040. The van der Waals surface area contributed by atoms with E-state index < -0.39 is 15.9 Å². The second-order valence-corrected chi connectivity index (χ2v) is 10.6. The first kappa shape index (κ1) is 22.1. The number of hydrogen-bond acceptors (Lipinski definition) is 4. The maximum atomic E-state index is 13.7. The molecule has 9 heteroatoms. The highest BCUT2D eigenvalue weighted by Crippen LogP contribution is 2.37. The topological polar surface area (TPSA) is 66.5 Å². The van der Waals surface area contributed by atoms with Gasteiger partial charge < -0.3 is 5.32 Å². The van der Waals surface area contributed by atoms with E-state index in [9.17, 15) is 17.6 Å². The van der Waals surface area contributed by atoms with E-state index in [-0.39, 0.29) is 33.4 Å². The Balaban J connectivity index is 1.91. The van der Waals surface area contributed by atoms with Crippen molar-refractivity contribution in [3.8, 4) is 0 Å². The van der Waals surface area contributed by atoms with Crippen molar-refractivity contribution in [1.82, 2.24) is 9.62 Å². The van der Waals surface area contributed by atoms with Crippen LogP contribution in [0.3, 0.4) is 0 Å². The van der Waals surface area contributed by atoms with E-state index in [1.807, 2.05) is 0 Å². The molecule has 0 fully saturated rings. The van der Waals surface area contributed by atoms with Gasteiger partial charge in [-0.25, -0.2) is 12.8 Å². The normalized spacial score (nSPS) is 16.7. The zero-order chi connectivity index (χ0) is 21.3. The van der Waals surface area contributed by atoms with Crippen LogP contribution in [0, 0.1) is 5.82 Å². The van der Waals surface area contributed by atoms with Crippen LogP contribution in [0.15, 0.2) is 46.2 Å². The zero-order valence-corrected chi connectivity index (χ0v) is 18.7. The predicted octanol–water partition coefficient (Wildman–Crippen LogP) is 4.47. The first-order valence-corrected chi connectivity index (χ1v) is 11.9. The first-order chi connectivity index (χ1) is 13.6. The molecule has 2 aromatic rings. The average molecular weight is 457 g/mol. The summed E-state index contributed by atoms with van der Waals surface area (Å²) in [5, 5.41) is 3.03. The molecule has 1 N–H and O–H groups in total. The van der Waals surface area contributed by atoms with Gasteiger partial charge in [0.2, 0.25) is 10.0 Å². The Kier molecular flexibility index (Phi) is 6.57. The third-order valence-electron chi connectivity index (χ3n) is 4.90. The van der Waals surface area contributed by atoms with Crippen molar-refractivity contribution in [2.45, 2.75) is 42.1 Å². The number of carbonyl (C=O) groups excluding carboxylic acids is 1. The van der Waals surface area contributed by atoms with E-state index in [0.717, 1.165) is 10.6 Å². The predicted molar refractivity (Wildman–Crippen MR) is 113 cm³/mol. The second-order valence-electron chi connectivity index (χ2n) is 7.10. The highest BCUT2D eigenvalue weighted by molar-refractivity contribution is 7.99. The molecule has 1 atom stereocenters.